The number of ether oxygens (including phenoxy) is 1. The SMILES string of the molecule is CC(N)c1ccc(Oc2ccc([N+](=O)[O-])c(F)c2)nc1. The van der Waals surface area contributed by atoms with E-state index >= 15 is 0 Å². The van der Waals surface area contributed by atoms with Crippen LogP contribution in [0.15, 0.2) is 36.5 Å². The molecule has 0 bridgehead atoms. The van der Waals surface area contributed by atoms with Crippen molar-refractivity contribution in [2.24, 2.45) is 5.73 Å². The first kappa shape index (κ1) is 13.9. The third kappa shape index (κ3) is 3.07. The molecular formula is C13H12FN3O3. The molecule has 0 radical (unpaired) electrons. The van der Waals surface area contributed by atoms with E-state index in [-0.39, 0.29) is 17.7 Å². The number of hydrogen-bond acceptors (Lipinski definition) is 5. The largest absolute Gasteiger partial charge is 0.439 e. The molecule has 0 saturated heterocycles. The average Bonchev–Trinajstić information content (AvgIpc) is 2.39. The van der Waals surface area contributed by atoms with Crippen molar-refractivity contribution in [2.45, 2.75) is 13.0 Å². The minimum Gasteiger partial charge on any atom is -0.439 e. The Morgan fingerprint density at radius 2 is 2.15 bits per heavy atom. The number of nitro groups is 1. The summed E-state index contributed by atoms with van der Waals surface area (Å²) in [5.74, 6) is -0.573. The fourth-order valence-corrected chi connectivity index (χ4v) is 1.54. The number of pyridine rings is 1. The Balaban J connectivity index is 2.17. The fraction of sp³-hybridized carbons (Fsp3) is 0.154. The second kappa shape index (κ2) is 5.62. The van der Waals surface area contributed by atoms with E-state index in [0.717, 1.165) is 17.7 Å². The highest BCUT2D eigenvalue weighted by Crippen LogP contribution is 2.26. The maximum absolute atomic E-state index is 13.4. The van der Waals surface area contributed by atoms with Crippen LogP contribution in [0.5, 0.6) is 11.6 Å². The van der Waals surface area contributed by atoms with Crippen LogP contribution in [0, 0.1) is 15.9 Å². The molecule has 2 aromatic rings. The molecule has 7 heteroatoms. The molecule has 1 atom stereocenters. The van der Waals surface area contributed by atoms with Gasteiger partial charge in [-0.3, -0.25) is 10.1 Å². The molecule has 1 unspecified atom stereocenters. The van der Waals surface area contributed by atoms with Gasteiger partial charge in [-0.1, -0.05) is 6.07 Å². The lowest BCUT2D eigenvalue weighted by Crippen LogP contribution is -2.05. The van der Waals surface area contributed by atoms with Crippen LogP contribution in [-0.2, 0) is 0 Å². The minimum atomic E-state index is -0.959. The predicted molar refractivity (Wildman–Crippen MR) is 70.0 cm³/mol. The average molecular weight is 277 g/mol. The molecule has 0 aliphatic rings. The van der Waals surface area contributed by atoms with E-state index in [1.54, 1.807) is 18.3 Å². The quantitative estimate of drug-likeness (QED) is 0.685. The van der Waals surface area contributed by atoms with E-state index in [4.69, 9.17) is 10.5 Å². The normalized spacial score (nSPS) is 11.9. The molecule has 1 aromatic heterocycles. The lowest BCUT2D eigenvalue weighted by molar-refractivity contribution is -0.387. The van der Waals surface area contributed by atoms with Gasteiger partial charge in [0.25, 0.3) is 0 Å². The Kier molecular flexibility index (Phi) is 3.90. The number of nitrogens with zero attached hydrogens (tertiary/aromatic N) is 2. The maximum atomic E-state index is 13.4. The molecular weight excluding hydrogens is 265 g/mol. The van der Waals surface area contributed by atoms with Crippen LogP contribution in [0.25, 0.3) is 0 Å². The summed E-state index contributed by atoms with van der Waals surface area (Å²) in [7, 11) is 0. The van der Waals surface area contributed by atoms with E-state index < -0.39 is 16.4 Å². The molecule has 0 saturated carbocycles. The van der Waals surface area contributed by atoms with Crippen molar-refractivity contribution in [1.29, 1.82) is 0 Å². The van der Waals surface area contributed by atoms with Crippen LogP contribution in [0.4, 0.5) is 10.1 Å². The molecule has 1 heterocycles. The van der Waals surface area contributed by atoms with Crippen molar-refractivity contribution in [2.75, 3.05) is 0 Å². The van der Waals surface area contributed by atoms with Gasteiger partial charge in [-0.2, -0.15) is 4.39 Å². The summed E-state index contributed by atoms with van der Waals surface area (Å²) in [4.78, 5) is 13.7. The molecule has 104 valence electrons. The fourth-order valence-electron chi connectivity index (χ4n) is 1.54. The highest BCUT2D eigenvalue weighted by Gasteiger charge is 2.14. The van der Waals surface area contributed by atoms with E-state index in [1.165, 1.54) is 6.07 Å². The lowest BCUT2D eigenvalue weighted by Gasteiger charge is -2.07. The third-order valence-corrected chi connectivity index (χ3v) is 2.62. The third-order valence-electron chi connectivity index (χ3n) is 2.62. The Morgan fingerprint density at radius 1 is 1.40 bits per heavy atom. The first-order chi connectivity index (χ1) is 9.47. The van der Waals surface area contributed by atoms with E-state index in [9.17, 15) is 14.5 Å². The van der Waals surface area contributed by atoms with Crippen molar-refractivity contribution in [3.8, 4) is 11.6 Å². The zero-order valence-electron chi connectivity index (χ0n) is 10.6. The van der Waals surface area contributed by atoms with Gasteiger partial charge in [-0.25, -0.2) is 4.98 Å². The minimum absolute atomic E-state index is 0.133. The number of aromatic nitrogens is 1. The lowest BCUT2D eigenvalue weighted by atomic mass is 10.2. The first-order valence-electron chi connectivity index (χ1n) is 5.80. The van der Waals surface area contributed by atoms with Gasteiger partial charge in [-0.15, -0.1) is 0 Å². The van der Waals surface area contributed by atoms with Gasteiger partial charge in [0.05, 0.1) is 4.92 Å². The number of nitro benzene ring substituents is 1. The molecule has 20 heavy (non-hydrogen) atoms. The van der Waals surface area contributed by atoms with E-state index in [2.05, 4.69) is 4.98 Å². The van der Waals surface area contributed by atoms with Crippen molar-refractivity contribution >= 4 is 5.69 Å². The van der Waals surface area contributed by atoms with Crippen LogP contribution in [0.1, 0.15) is 18.5 Å². The molecule has 0 aliphatic heterocycles. The summed E-state index contributed by atoms with van der Waals surface area (Å²) in [5, 5.41) is 10.5. The summed E-state index contributed by atoms with van der Waals surface area (Å²) >= 11 is 0. The van der Waals surface area contributed by atoms with Gasteiger partial charge in [0.15, 0.2) is 0 Å². The second-order valence-electron chi connectivity index (χ2n) is 4.19. The summed E-state index contributed by atoms with van der Waals surface area (Å²) in [6.45, 7) is 1.82. The molecule has 2 N–H and O–H groups in total. The number of rotatable bonds is 4. The predicted octanol–water partition coefficient (Wildman–Crippen LogP) is 2.94. The van der Waals surface area contributed by atoms with Crippen molar-refractivity contribution in [1.82, 2.24) is 4.98 Å². The Bertz CT molecular complexity index is 629. The highest BCUT2D eigenvalue weighted by molar-refractivity contribution is 5.39. The van der Waals surface area contributed by atoms with Gasteiger partial charge >= 0.3 is 5.69 Å². The Labute approximate surface area is 114 Å². The van der Waals surface area contributed by atoms with Crippen LogP contribution in [0.3, 0.4) is 0 Å². The van der Waals surface area contributed by atoms with E-state index in [1.807, 2.05) is 6.92 Å². The van der Waals surface area contributed by atoms with Gasteiger partial charge in [-0.05, 0) is 18.6 Å². The topological polar surface area (TPSA) is 91.3 Å². The molecule has 0 aliphatic carbocycles. The van der Waals surface area contributed by atoms with Crippen LogP contribution >= 0.6 is 0 Å². The number of hydrogen-bond donors (Lipinski definition) is 1. The molecule has 2 rings (SSSR count). The molecule has 0 spiro atoms. The second-order valence-corrected chi connectivity index (χ2v) is 4.19. The zero-order chi connectivity index (χ0) is 14.7. The van der Waals surface area contributed by atoms with Crippen LogP contribution in [-0.4, -0.2) is 9.91 Å². The Morgan fingerprint density at radius 3 is 2.65 bits per heavy atom. The maximum Gasteiger partial charge on any atom is 0.305 e. The molecule has 1 aromatic carbocycles. The smallest absolute Gasteiger partial charge is 0.305 e. The summed E-state index contributed by atoms with van der Waals surface area (Å²) in [6.07, 6.45) is 1.56. The molecule has 6 nitrogen and oxygen atoms in total. The molecule has 0 fully saturated rings. The highest BCUT2D eigenvalue weighted by atomic mass is 19.1. The van der Waals surface area contributed by atoms with Crippen molar-refractivity contribution < 1.29 is 14.1 Å². The number of nitrogens with two attached hydrogens (primary N) is 1. The van der Waals surface area contributed by atoms with Crippen LogP contribution < -0.4 is 10.5 Å². The summed E-state index contributed by atoms with van der Waals surface area (Å²) in [6, 6.07) is 6.49. The van der Waals surface area contributed by atoms with Gasteiger partial charge in [0, 0.05) is 30.4 Å². The molecule has 0 amide bonds. The van der Waals surface area contributed by atoms with Crippen LogP contribution in [0.2, 0.25) is 0 Å². The van der Waals surface area contributed by atoms with Gasteiger partial charge < -0.3 is 10.5 Å². The van der Waals surface area contributed by atoms with Crippen molar-refractivity contribution in [3.05, 3.63) is 58.0 Å². The summed E-state index contributed by atoms with van der Waals surface area (Å²) in [5.41, 5.74) is 5.93. The number of halogens is 1. The van der Waals surface area contributed by atoms with Crippen molar-refractivity contribution in [3.63, 3.8) is 0 Å². The van der Waals surface area contributed by atoms with E-state index in [0.29, 0.717) is 0 Å². The van der Waals surface area contributed by atoms with Gasteiger partial charge in [0.1, 0.15) is 5.75 Å². The number of benzene rings is 1. The monoisotopic (exact) mass is 277 g/mol. The zero-order valence-corrected chi connectivity index (χ0v) is 10.6. The first-order valence-corrected chi connectivity index (χ1v) is 5.80. The standard InChI is InChI=1S/C13H12FN3O3/c1-8(15)9-2-5-13(16-7-9)20-10-3-4-12(17(18)19)11(14)6-10/h2-8H,15H2,1H3. The Hall–Kier alpha value is -2.54. The van der Waals surface area contributed by atoms with Gasteiger partial charge in [0.2, 0.25) is 11.7 Å². The summed E-state index contributed by atoms with van der Waals surface area (Å²) < 4.78 is 18.7.